The van der Waals surface area contributed by atoms with Crippen molar-refractivity contribution < 1.29 is 4.39 Å². The van der Waals surface area contributed by atoms with Crippen molar-refractivity contribution in [2.45, 2.75) is 6.04 Å². The third-order valence-corrected chi connectivity index (χ3v) is 3.08. The molecule has 17 heavy (non-hydrogen) atoms. The number of pyridine rings is 1. The molecule has 0 bridgehead atoms. The topological polar surface area (TPSA) is 50.9 Å². The second kappa shape index (κ2) is 5.52. The molecule has 3 N–H and O–H groups in total. The Kier molecular flexibility index (Phi) is 4.03. The fourth-order valence-corrected chi connectivity index (χ4v) is 2.22. The first-order valence-electron chi connectivity index (χ1n) is 5.03. The molecule has 3 nitrogen and oxygen atoms in total. The van der Waals surface area contributed by atoms with Crippen molar-refractivity contribution in [3.8, 4) is 0 Å². The third-order valence-electron chi connectivity index (χ3n) is 2.41. The molecule has 0 fully saturated rings. The summed E-state index contributed by atoms with van der Waals surface area (Å²) >= 11 is 2.22. The summed E-state index contributed by atoms with van der Waals surface area (Å²) in [6.07, 6.45) is 2.78. The lowest BCUT2D eigenvalue weighted by molar-refractivity contribution is 0.597. The van der Waals surface area contributed by atoms with Gasteiger partial charge < -0.3 is 0 Å². The van der Waals surface area contributed by atoms with Gasteiger partial charge in [-0.1, -0.05) is 12.1 Å². The molecule has 2 aromatic rings. The van der Waals surface area contributed by atoms with E-state index in [1.165, 1.54) is 12.3 Å². The molecule has 0 saturated carbocycles. The number of rotatable bonds is 3. The Hall–Kier alpha value is -1.05. The molecule has 0 spiro atoms. The Morgan fingerprint density at radius 3 is 2.71 bits per heavy atom. The zero-order valence-corrected chi connectivity index (χ0v) is 11.1. The van der Waals surface area contributed by atoms with Crippen molar-refractivity contribution in [2.75, 3.05) is 0 Å². The lowest BCUT2D eigenvalue weighted by Crippen LogP contribution is -2.29. The monoisotopic (exact) mass is 343 g/mol. The van der Waals surface area contributed by atoms with E-state index in [2.05, 4.69) is 33.0 Å². The SMILES string of the molecule is NNC(c1cncc(F)c1)c1cccc(I)c1. The quantitative estimate of drug-likeness (QED) is 0.511. The Bertz CT molecular complexity index is 473. The van der Waals surface area contributed by atoms with Crippen LogP contribution in [0.1, 0.15) is 17.2 Å². The molecule has 1 aromatic heterocycles. The molecule has 88 valence electrons. The molecule has 0 radical (unpaired) electrons. The second-order valence-electron chi connectivity index (χ2n) is 3.59. The van der Waals surface area contributed by atoms with Gasteiger partial charge in [-0.05, 0) is 51.9 Å². The van der Waals surface area contributed by atoms with E-state index in [1.54, 1.807) is 6.20 Å². The van der Waals surface area contributed by atoms with Gasteiger partial charge in [-0.25, -0.2) is 9.82 Å². The van der Waals surface area contributed by atoms with Crippen molar-refractivity contribution in [1.82, 2.24) is 10.4 Å². The number of hydrazine groups is 1. The minimum Gasteiger partial charge on any atom is -0.271 e. The van der Waals surface area contributed by atoms with Gasteiger partial charge in [0, 0.05) is 9.77 Å². The van der Waals surface area contributed by atoms with Crippen LogP contribution >= 0.6 is 22.6 Å². The van der Waals surface area contributed by atoms with E-state index in [-0.39, 0.29) is 11.9 Å². The van der Waals surface area contributed by atoms with Gasteiger partial charge in [0.05, 0.1) is 12.2 Å². The first-order valence-corrected chi connectivity index (χ1v) is 6.10. The molecule has 0 aliphatic carbocycles. The van der Waals surface area contributed by atoms with Crippen LogP contribution in [0.3, 0.4) is 0 Å². The van der Waals surface area contributed by atoms with E-state index in [0.717, 1.165) is 9.13 Å². The fourth-order valence-electron chi connectivity index (χ4n) is 1.66. The average Bonchev–Trinajstić information content (AvgIpc) is 2.30. The van der Waals surface area contributed by atoms with Gasteiger partial charge in [0.25, 0.3) is 0 Å². The summed E-state index contributed by atoms with van der Waals surface area (Å²) in [5.74, 6) is 5.17. The van der Waals surface area contributed by atoms with Crippen molar-refractivity contribution >= 4 is 22.6 Å². The molecule has 2 rings (SSSR count). The first-order chi connectivity index (χ1) is 8.20. The standard InChI is InChI=1S/C12H11FIN3/c13-10-4-9(6-16-7-10)12(17-15)8-2-1-3-11(14)5-8/h1-7,12,17H,15H2. The largest absolute Gasteiger partial charge is 0.271 e. The maximum Gasteiger partial charge on any atom is 0.141 e. The van der Waals surface area contributed by atoms with E-state index in [9.17, 15) is 4.39 Å². The minimum atomic E-state index is -0.367. The van der Waals surface area contributed by atoms with Crippen LogP contribution in [0.5, 0.6) is 0 Å². The summed E-state index contributed by atoms with van der Waals surface area (Å²) in [5, 5.41) is 0. The van der Waals surface area contributed by atoms with Crippen LogP contribution in [0, 0.1) is 9.39 Å². The van der Waals surface area contributed by atoms with Crippen LogP contribution in [0.25, 0.3) is 0 Å². The van der Waals surface area contributed by atoms with Gasteiger partial charge in [0.2, 0.25) is 0 Å². The van der Waals surface area contributed by atoms with Crippen LogP contribution in [0.2, 0.25) is 0 Å². The average molecular weight is 343 g/mol. The van der Waals surface area contributed by atoms with E-state index >= 15 is 0 Å². The van der Waals surface area contributed by atoms with Gasteiger partial charge in [-0.3, -0.25) is 10.8 Å². The van der Waals surface area contributed by atoms with Gasteiger partial charge in [-0.15, -0.1) is 0 Å². The number of hydrogen-bond acceptors (Lipinski definition) is 3. The van der Waals surface area contributed by atoms with E-state index in [0.29, 0.717) is 5.56 Å². The molecule has 1 heterocycles. The predicted molar refractivity (Wildman–Crippen MR) is 72.5 cm³/mol. The van der Waals surface area contributed by atoms with Crippen LogP contribution in [0.4, 0.5) is 4.39 Å². The lowest BCUT2D eigenvalue weighted by atomic mass is 10.0. The predicted octanol–water partition coefficient (Wildman–Crippen LogP) is 2.38. The highest BCUT2D eigenvalue weighted by atomic mass is 127. The van der Waals surface area contributed by atoms with Gasteiger partial charge >= 0.3 is 0 Å². The van der Waals surface area contributed by atoms with Gasteiger partial charge in [-0.2, -0.15) is 0 Å². The zero-order chi connectivity index (χ0) is 12.3. The first kappa shape index (κ1) is 12.4. The Balaban J connectivity index is 2.40. The molecule has 0 amide bonds. The highest BCUT2D eigenvalue weighted by Gasteiger charge is 2.13. The number of nitrogens with zero attached hydrogens (tertiary/aromatic N) is 1. The maximum absolute atomic E-state index is 13.1. The van der Waals surface area contributed by atoms with E-state index < -0.39 is 0 Å². The van der Waals surface area contributed by atoms with E-state index in [1.807, 2.05) is 24.3 Å². The maximum atomic E-state index is 13.1. The summed E-state index contributed by atoms with van der Waals surface area (Å²) in [4.78, 5) is 3.83. The zero-order valence-electron chi connectivity index (χ0n) is 8.90. The van der Waals surface area contributed by atoms with Crippen molar-refractivity contribution in [2.24, 2.45) is 5.84 Å². The number of nitrogens with one attached hydrogen (secondary N) is 1. The fraction of sp³-hybridized carbons (Fsp3) is 0.0833. The molecule has 5 heteroatoms. The van der Waals surface area contributed by atoms with Crippen LogP contribution < -0.4 is 11.3 Å². The Morgan fingerprint density at radius 1 is 1.24 bits per heavy atom. The molecule has 1 unspecified atom stereocenters. The number of benzene rings is 1. The lowest BCUT2D eigenvalue weighted by Gasteiger charge is -2.16. The van der Waals surface area contributed by atoms with E-state index in [4.69, 9.17) is 5.84 Å². The molecule has 0 aliphatic rings. The Morgan fingerprint density at radius 2 is 2.06 bits per heavy atom. The molecule has 1 atom stereocenters. The summed E-state index contributed by atoms with van der Waals surface area (Å²) in [6.45, 7) is 0. The number of aromatic nitrogens is 1. The van der Waals surface area contributed by atoms with Crippen molar-refractivity contribution in [1.29, 1.82) is 0 Å². The number of hydrogen-bond donors (Lipinski definition) is 2. The summed E-state index contributed by atoms with van der Waals surface area (Å²) in [5.41, 5.74) is 4.36. The van der Waals surface area contributed by atoms with Crippen LogP contribution in [-0.4, -0.2) is 4.98 Å². The minimum absolute atomic E-state index is 0.257. The van der Waals surface area contributed by atoms with Crippen LogP contribution in [-0.2, 0) is 0 Å². The number of nitrogens with two attached hydrogens (primary N) is 1. The molecule has 0 aliphatic heterocycles. The molecular formula is C12H11FIN3. The summed E-state index contributed by atoms with van der Waals surface area (Å²) in [7, 11) is 0. The molecule has 1 aromatic carbocycles. The van der Waals surface area contributed by atoms with Crippen LogP contribution in [0.15, 0.2) is 42.7 Å². The third kappa shape index (κ3) is 2.99. The Labute approximate surface area is 112 Å². The summed E-state index contributed by atoms with van der Waals surface area (Å²) < 4.78 is 14.2. The molecular weight excluding hydrogens is 332 g/mol. The number of halogens is 2. The highest BCUT2D eigenvalue weighted by Crippen LogP contribution is 2.22. The van der Waals surface area contributed by atoms with Crippen molar-refractivity contribution in [3.63, 3.8) is 0 Å². The molecule has 0 saturated heterocycles. The highest BCUT2D eigenvalue weighted by molar-refractivity contribution is 14.1. The summed E-state index contributed by atoms with van der Waals surface area (Å²) in [6, 6.07) is 9.04. The van der Waals surface area contributed by atoms with Gasteiger partial charge in [0.15, 0.2) is 0 Å². The normalized spacial score (nSPS) is 12.4. The second-order valence-corrected chi connectivity index (χ2v) is 4.84. The van der Waals surface area contributed by atoms with Crippen molar-refractivity contribution in [3.05, 3.63) is 63.2 Å². The smallest absolute Gasteiger partial charge is 0.141 e. The van der Waals surface area contributed by atoms with Gasteiger partial charge in [0.1, 0.15) is 5.82 Å².